The first-order chi connectivity index (χ1) is 8.16. The molecule has 4 nitrogen and oxygen atoms in total. The van der Waals surface area contributed by atoms with Gasteiger partial charge in [-0.1, -0.05) is 47.1 Å². The van der Waals surface area contributed by atoms with Crippen molar-refractivity contribution in [2.24, 2.45) is 0 Å². The van der Waals surface area contributed by atoms with Crippen LogP contribution in [0.15, 0.2) is 25.9 Å². The highest BCUT2D eigenvalue weighted by molar-refractivity contribution is 5.47. The highest BCUT2D eigenvalue weighted by Crippen LogP contribution is 1.56. The summed E-state index contributed by atoms with van der Waals surface area (Å²) in [6, 6.07) is 0. The van der Waals surface area contributed by atoms with E-state index < -0.39 is 0 Å². The summed E-state index contributed by atoms with van der Waals surface area (Å²) in [6.45, 7) is 17.7. The molecule has 0 aliphatic carbocycles. The average Bonchev–Trinajstić information content (AvgIpc) is 2.35. The molecule has 104 valence electrons. The lowest BCUT2D eigenvalue weighted by molar-refractivity contribution is -0.109. The van der Waals surface area contributed by atoms with E-state index in [2.05, 4.69) is 58.1 Å². The summed E-state index contributed by atoms with van der Waals surface area (Å²) in [6.07, 6.45) is 5.00. The second kappa shape index (κ2) is 88.4. The molecule has 0 radical (unpaired) electrons. The third-order valence-electron chi connectivity index (χ3n) is 0.304. The maximum Gasteiger partial charge on any atom is 0.211 e. The summed E-state index contributed by atoms with van der Waals surface area (Å²) in [5.41, 5.74) is 0. The summed E-state index contributed by atoms with van der Waals surface area (Å²) in [4.78, 5) is 18.3. The Balaban J connectivity index is -0.0000000367. The van der Waals surface area contributed by atoms with Crippen molar-refractivity contribution < 1.29 is 9.59 Å². The first-order valence-electron chi connectivity index (χ1n) is 5.57. The molecule has 0 aromatic carbocycles. The van der Waals surface area contributed by atoms with Gasteiger partial charge in [-0.3, -0.25) is 9.59 Å². The molecule has 2 N–H and O–H groups in total. The zero-order chi connectivity index (χ0) is 14.9. The van der Waals surface area contributed by atoms with Gasteiger partial charge in [0, 0.05) is 7.05 Å². The van der Waals surface area contributed by atoms with Crippen LogP contribution in [-0.2, 0) is 9.59 Å². The molecule has 0 rings (SSSR count). The summed E-state index contributed by atoms with van der Waals surface area (Å²) in [7, 11) is 1.56. The minimum absolute atomic E-state index is 0.562. The van der Waals surface area contributed by atoms with Gasteiger partial charge < -0.3 is 10.6 Å². The predicted octanol–water partition coefficient (Wildman–Crippen LogP) is 2.87. The van der Waals surface area contributed by atoms with E-state index in [0.717, 1.165) is 0 Å². The van der Waals surface area contributed by atoms with Crippen LogP contribution in [0.2, 0.25) is 0 Å². The maximum atomic E-state index is 9.22. The van der Waals surface area contributed by atoms with Crippen LogP contribution in [0.3, 0.4) is 0 Å². The predicted molar refractivity (Wildman–Crippen MR) is 77.7 cm³/mol. The number of hydrogen-bond donors (Lipinski definition) is 2. The van der Waals surface area contributed by atoms with Gasteiger partial charge in [0.25, 0.3) is 0 Å². The molecule has 0 aromatic heterocycles. The Bertz CT molecular complexity index is 110. The first-order valence-corrected chi connectivity index (χ1v) is 5.57. The maximum absolute atomic E-state index is 9.22. The van der Waals surface area contributed by atoms with Gasteiger partial charge >= 0.3 is 0 Å². The fourth-order valence-corrected chi connectivity index (χ4v) is 0.0481. The van der Waals surface area contributed by atoms with Gasteiger partial charge in [-0.2, -0.15) is 0 Å². The van der Waals surface area contributed by atoms with E-state index >= 15 is 0 Å². The van der Waals surface area contributed by atoms with Crippen LogP contribution < -0.4 is 10.6 Å². The lowest BCUT2D eigenvalue weighted by Crippen LogP contribution is -1.98. The molecular formula is C13H30N2O2. The lowest BCUT2D eigenvalue weighted by atomic mass is 10.6. The summed E-state index contributed by atoms with van der Waals surface area (Å²) < 4.78 is 0. The monoisotopic (exact) mass is 246 g/mol. The molecule has 17 heavy (non-hydrogen) atoms. The van der Waals surface area contributed by atoms with Crippen molar-refractivity contribution in [3.8, 4) is 0 Å². The average molecular weight is 246 g/mol. The molecule has 0 bridgehead atoms. The van der Waals surface area contributed by atoms with E-state index in [1.807, 2.05) is 0 Å². The van der Waals surface area contributed by atoms with Gasteiger partial charge in [0.1, 0.15) is 0 Å². The fraction of sp³-hybridized carbons (Fsp3) is 0.538. The molecule has 0 aromatic rings. The number of rotatable bonds is 3. The van der Waals surface area contributed by atoms with Crippen molar-refractivity contribution in [2.45, 2.75) is 40.5 Å². The first kappa shape index (κ1) is 29.5. The van der Waals surface area contributed by atoms with Crippen molar-refractivity contribution in [1.82, 2.24) is 10.6 Å². The second-order valence-electron chi connectivity index (χ2n) is 2.31. The molecule has 0 saturated heterocycles. The topological polar surface area (TPSA) is 58.2 Å². The zero-order valence-corrected chi connectivity index (χ0v) is 12.1. The normalized spacial score (nSPS) is 5.24. The Morgan fingerprint density at radius 1 is 0.941 bits per heavy atom. The van der Waals surface area contributed by atoms with Gasteiger partial charge in [0.2, 0.25) is 12.8 Å². The van der Waals surface area contributed by atoms with Crippen molar-refractivity contribution in [1.29, 1.82) is 0 Å². The van der Waals surface area contributed by atoms with Gasteiger partial charge in [0.05, 0.1) is 0 Å². The molecule has 0 aliphatic heterocycles. The van der Waals surface area contributed by atoms with E-state index in [-0.39, 0.29) is 0 Å². The highest BCUT2D eigenvalue weighted by atomic mass is 16.1. The third kappa shape index (κ3) is 1100. The Labute approximate surface area is 107 Å². The van der Waals surface area contributed by atoms with Crippen LogP contribution in [0.1, 0.15) is 40.5 Å². The third-order valence-corrected chi connectivity index (χ3v) is 0.304. The van der Waals surface area contributed by atoms with Crippen LogP contribution in [0.4, 0.5) is 0 Å². The fourth-order valence-electron chi connectivity index (χ4n) is 0.0481. The van der Waals surface area contributed by atoms with Crippen LogP contribution in [0.5, 0.6) is 0 Å². The molecule has 0 heterocycles. The minimum atomic E-state index is 0.562. The van der Waals surface area contributed by atoms with Gasteiger partial charge in [0.15, 0.2) is 0 Å². The molecule has 0 unspecified atom stereocenters. The Hall–Kier alpha value is -1.58. The van der Waals surface area contributed by atoms with E-state index in [4.69, 9.17) is 4.79 Å². The number of carbonyl (C=O) groups is 2. The largest absolute Gasteiger partial charge is 0.362 e. The Morgan fingerprint density at radius 3 is 1.18 bits per heavy atom. The summed E-state index contributed by atoms with van der Waals surface area (Å²) in [5.74, 6) is 0. The Morgan fingerprint density at radius 2 is 1.18 bits per heavy atom. The van der Waals surface area contributed by atoms with Crippen LogP contribution in [0, 0.1) is 0 Å². The molecule has 0 atom stereocenters. The number of carbonyl (C=O) groups excluding carboxylic acids is 2. The number of amides is 2. The van der Waals surface area contributed by atoms with Crippen molar-refractivity contribution in [3.63, 3.8) is 0 Å². The highest BCUT2D eigenvalue weighted by Gasteiger charge is 1.50. The minimum Gasteiger partial charge on any atom is -0.362 e. The summed E-state index contributed by atoms with van der Waals surface area (Å²) >= 11 is 0. The molecule has 0 spiro atoms. The molecule has 4 heteroatoms. The van der Waals surface area contributed by atoms with Crippen LogP contribution >= 0.6 is 0 Å². The van der Waals surface area contributed by atoms with E-state index in [1.54, 1.807) is 7.05 Å². The van der Waals surface area contributed by atoms with Crippen LogP contribution in [0.25, 0.3) is 0 Å². The number of nitrogens with one attached hydrogen (secondary N) is 2. The zero-order valence-electron chi connectivity index (χ0n) is 12.1. The molecule has 0 saturated carbocycles. The second-order valence-corrected chi connectivity index (χ2v) is 2.31. The van der Waals surface area contributed by atoms with Crippen molar-refractivity contribution in [2.75, 3.05) is 7.05 Å². The molecule has 0 aliphatic rings. The quantitative estimate of drug-likeness (QED) is 0.594. The van der Waals surface area contributed by atoms with Gasteiger partial charge in [-0.05, 0) is 6.20 Å². The SMILES string of the molecule is C=C.C=CNC=O.CCC.CCC.CNC=O. The van der Waals surface area contributed by atoms with Crippen LogP contribution in [-0.4, -0.2) is 19.9 Å². The lowest BCUT2D eigenvalue weighted by Gasteiger charge is -1.70. The molecule has 0 fully saturated rings. The van der Waals surface area contributed by atoms with E-state index in [9.17, 15) is 4.79 Å². The number of hydrogen-bond acceptors (Lipinski definition) is 2. The van der Waals surface area contributed by atoms with Crippen molar-refractivity contribution in [3.05, 3.63) is 25.9 Å². The van der Waals surface area contributed by atoms with Gasteiger partial charge in [-0.15, -0.1) is 13.2 Å². The van der Waals surface area contributed by atoms with Crippen molar-refractivity contribution >= 4 is 12.8 Å². The smallest absolute Gasteiger partial charge is 0.211 e. The molecular weight excluding hydrogens is 216 g/mol. The summed E-state index contributed by atoms with van der Waals surface area (Å²) in [5, 5.41) is 4.44. The Kier molecular flexibility index (Phi) is 154. The van der Waals surface area contributed by atoms with E-state index in [0.29, 0.717) is 12.8 Å². The van der Waals surface area contributed by atoms with E-state index in [1.165, 1.54) is 19.0 Å². The van der Waals surface area contributed by atoms with Gasteiger partial charge in [-0.25, -0.2) is 0 Å². The molecule has 2 amide bonds. The standard InChI is InChI=1S/C3H5NO.2C3H8.C2H5NO.C2H4/c1-2-4-3-5;2*1-3-2;1-3-2-4;1-2/h2-3H,1H2,(H,4,5);2*3H2,1-2H3;2H,1H3,(H,3,4);1-2H2.